The molecule has 0 spiro atoms. The summed E-state index contributed by atoms with van der Waals surface area (Å²) in [5.41, 5.74) is 4.29. The SMILES string of the molecule is CC(C)c1ccc(/C=[N+](\[O-])c2ccc(-c3nc(-c4ccccc4)no3)cc2)cc1. The van der Waals surface area contributed by atoms with Crippen molar-refractivity contribution in [3.63, 3.8) is 0 Å². The minimum Gasteiger partial charge on any atom is -0.618 e. The van der Waals surface area contributed by atoms with Gasteiger partial charge in [-0.3, -0.25) is 0 Å². The maximum Gasteiger partial charge on any atom is 0.258 e. The Labute approximate surface area is 169 Å². The van der Waals surface area contributed by atoms with E-state index in [0.29, 0.717) is 23.3 Å². The molecule has 5 heteroatoms. The highest BCUT2D eigenvalue weighted by atomic mass is 16.5. The Kier molecular flexibility index (Phi) is 5.20. The van der Waals surface area contributed by atoms with Crippen LogP contribution in [0.1, 0.15) is 30.9 Å². The Morgan fingerprint density at radius 1 is 0.862 bits per heavy atom. The lowest BCUT2D eigenvalue weighted by molar-refractivity contribution is -0.354. The summed E-state index contributed by atoms with van der Waals surface area (Å²) < 4.78 is 6.23. The van der Waals surface area contributed by atoms with Gasteiger partial charge in [0.2, 0.25) is 11.5 Å². The van der Waals surface area contributed by atoms with Crippen molar-refractivity contribution in [2.75, 3.05) is 0 Å². The third-order valence-corrected chi connectivity index (χ3v) is 4.70. The van der Waals surface area contributed by atoms with Gasteiger partial charge in [0.1, 0.15) is 0 Å². The van der Waals surface area contributed by atoms with Gasteiger partial charge >= 0.3 is 0 Å². The molecular weight excluding hydrogens is 362 g/mol. The van der Waals surface area contributed by atoms with Crippen LogP contribution < -0.4 is 0 Å². The fourth-order valence-corrected chi connectivity index (χ4v) is 2.97. The first-order chi connectivity index (χ1) is 14.1. The van der Waals surface area contributed by atoms with Gasteiger partial charge in [-0.05, 0) is 35.7 Å². The van der Waals surface area contributed by atoms with Crippen molar-refractivity contribution in [3.05, 3.63) is 95.2 Å². The number of benzene rings is 3. The quantitative estimate of drug-likeness (QED) is 0.189. The average molecular weight is 383 g/mol. The van der Waals surface area contributed by atoms with Crippen molar-refractivity contribution >= 4 is 11.9 Å². The van der Waals surface area contributed by atoms with E-state index >= 15 is 0 Å². The van der Waals surface area contributed by atoms with Gasteiger partial charge in [-0.25, -0.2) is 0 Å². The third-order valence-electron chi connectivity index (χ3n) is 4.70. The van der Waals surface area contributed by atoms with E-state index in [1.807, 2.05) is 54.6 Å². The summed E-state index contributed by atoms with van der Waals surface area (Å²) in [6.07, 6.45) is 1.57. The smallest absolute Gasteiger partial charge is 0.258 e. The second-order valence-corrected chi connectivity index (χ2v) is 7.11. The van der Waals surface area contributed by atoms with Crippen molar-refractivity contribution in [2.45, 2.75) is 19.8 Å². The Morgan fingerprint density at radius 3 is 2.21 bits per heavy atom. The molecule has 1 heterocycles. The first-order valence-corrected chi connectivity index (χ1v) is 9.51. The van der Waals surface area contributed by atoms with Crippen molar-refractivity contribution < 1.29 is 9.26 Å². The van der Waals surface area contributed by atoms with Crippen LogP contribution in [0.2, 0.25) is 0 Å². The van der Waals surface area contributed by atoms with Crippen LogP contribution in [0, 0.1) is 5.21 Å². The van der Waals surface area contributed by atoms with Gasteiger partial charge in [-0.15, -0.1) is 0 Å². The number of aromatic nitrogens is 2. The zero-order valence-electron chi connectivity index (χ0n) is 16.3. The van der Waals surface area contributed by atoms with Crippen LogP contribution in [-0.4, -0.2) is 21.1 Å². The molecule has 1 aromatic heterocycles. The van der Waals surface area contributed by atoms with Crippen LogP contribution in [-0.2, 0) is 0 Å². The molecule has 0 saturated carbocycles. The maximum absolute atomic E-state index is 12.5. The van der Waals surface area contributed by atoms with E-state index < -0.39 is 0 Å². The van der Waals surface area contributed by atoms with Crippen LogP contribution in [0.4, 0.5) is 5.69 Å². The minimum absolute atomic E-state index is 0.418. The first kappa shape index (κ1) is 18.6. The summed E-state index contributed by atoms with van der Waals surface area (Å²) in [6.45, 7) is 4.29. The maximum atomic E-state index is 12.5. The second kappa shape index (κ2) is 8.10. The van der Waals surface area contributed by atoms with Crippen LogP contribution in [0.3, 0.4) is 0 Å². The standard InChI is InChI=1S/C24H21N3O2/c1-17(2)19-10-8-18(9-11-19)16-27(28)22-14-12-21(13-15-22)24-25-23(26-29-24)20-6-4-3-5-7-20/h3-17H,1-2H3/b27-16-. The molecule has 0 radical (unpaired) electrons. The van der Waals surface area contributed by atoms with Crippen LogP contribution in [0.15, 0.2) is 83.4 Å². The van der Waals surface area contributed by atoms with Gasteiger partial charge in [-0.2, -0.15) is 9.72 Å². The number of rotatable bonds is 5. The predicted molar refractivity (Wildman–Crippen MR) is 114 cm³/mol. The van der Waals surface area contributed by atoms with E-state index in [4.69, 9.17) is 4.52 Å². The summed E-state index contributed by atoms with van der Waals surface area (Å²) >= 11 is 0. The van der Waals surface area contributed by atoms with E-state index in [1.54, 1.807) is 30.5 Å². The monoisotopic (exact) mass is 383 g/mol. The molecule has 4 aromatic rings. The lowest BCUT2D eigenvalue weighted by Gasteiger charge is -2.06. The lowest BCUT2D eigenvalue weighted by atomic mass is 10.0. The van der Waals surface area contributed by atoms with E-state index in [2.05, 4.69) is 24.0 Å². The highest BCUT2D eigenvalue weighted by Crippen LogP contribution is 2.24. The normalized spacial score (nSPS) is 11.8. The molecule has 144 valence electrons. The molecule has 0 N–H and O–H groups in total. The highest BCUT2D eigenvalue weighted by Gasteiger charge is 2.11. The average Bonchev–Trinajstić information content (AvgIpc) is 3.25. The van der Waals surface area contributed by atoms with Gasteiger partial charge in [0.15, 0.2) is 6.21 Å². The molecule has 5 nitrogen and oxygen atoms in total. The summed E-state index contributed by atoms with van der Waals surface area (Å²) in [5.74, 6) is 1.42. The van der Waals surface area contributed by atoms with Gasteiger partial charge in [0.25, 0.3) is 5.89 Å². The largest absolute Gasteiger partial charge is 0.618 e. The summed E-state index contributed by atoms with van der Waals surface area (Å²) in [4.78, 5) is 4.44. The molecule has 0 amide bonds. The van der Waals surface area contributed by atoms with Crippen molar-refractivity contribution in [1.82, 2.24) is 10.1 Å². The minimum atomic E-state index is 0.418. The number of hydrogen-bond donors (Lipinski definition) is 0. The van der Waals surface area contributed by atoms with Gasteiger partial charge < -0.3 is 9.73 Å². The Balaban J connectivity index is 1.52. The summed E-state index contributed by atoms with van der Waals surface area (Å²) in [6, 6.07) is 24.8. The van der Waals surface area contributed by atoms with Crippen molar-refractivity contribution in [3.8, 4) is 22.8 Å². The molecule has 0 fully saturated rings. The summed E-state index contributed by atoms with van der Waals surface area (Å²) in [5, 5.41) is 16.5. The van der Waals surface area contributed by atoms with Gasteiger partial charge in [0, 0.05) is 28.8 Å². The highest BCUT2D eigenvalue weighted by molar-refractivity contribution is 5.76. The molecule has 29 heavy (non-hydrogen) atoms. The number of nitrogens with zero attached hydrogens (tertiary/aromatic N) is 3. The molecule has 0 bridgehead atoms. The van der Waals surface area contributed by atoms with E-state index in [9.17, 15) is 5.21 Å². The molecular formula is C24H21N3O2. The Morgan fingerprint density at radius 2 is 1.55 bits per heavy atom. The van der Waals surface area contributed by atoms with Crippen LogP contribution >= 0.6 is 0 Å². The molecule has 0 atom stereocenters. The Bertz CT molecular complexity index is 1110. The molecule has 4 rings (SSSR count). The van der Waals surface area contributed by atoms with E-state index in [-0.39, 0.29) is 0 Å². The third kappa shape index (κ3) is 4.24. The predicted octanol–water partition coefficient (Wildman–Crippen LogP) is 5.79. The molecule has 3 aromatic carbocycles. The zero-order chi connectivity index (χ0) is 20.2. The molecule has 0 saturated heterocycles. The second-order valence-electron chi connectivity index (χ2n) is 7.11. The van der Waals surface area contributed by atoms with Gasteiger partial charge in [0.05, 0.1) is 0 Å². The molecule has 0 unspecified atom stereocenters. The molecule has 0 aliphatic rings. The first-order valence-electron chi connectivity index (χ1n) is 9.51. The van der Waals surface area contributed by atoms with E-state index in [0.717, 1.165) is 21.4 Å². The number of hydrogen-bond acceptors (Lipinski definition) is 4. The van der Waals surface area contributed by atoms with Crippen LogP contribution in [0.5, 0.6) is 0 Å². The van der Waals surface area contributed by atoms with E-state index in [1.165, 1.54) is 5.56 Å². The van der Waals surface area contributed by atoms with Gasteiger partial charge in [-0.1, -0.05) is 61.5 Å². The topological polar surface area (TPSA) is 65.0 Å². The zero-order valence-corrected chi connectivity index (χ0v) is 16.3. The summed E-state index contributed by atoms with van der Waals surface area (Å²) in [7, 11) is 0. The van der Waals surface area contributed by atoms with Crippen LogP contribution in [0.25, 0.3) is 22.8 Å². The van der Waals surface area contributed by atoms with Crippen molar-refractivity contribution in [2.24, 2.45) is 0 Å². The molecule has 0 aliphatic heterocycles. The molecule has 0 aliphatic carbocycles. The fourth-order valence-electron chi connectivity index (χ4n) is 2.97. The fraction of sp³-hybridized carbons (Fsp3) is 0.125. The Hall–Kier alpha value is -3.73. The van der Waals surface area contributed by atoms with Crippen molar-refractivity contribution in [1.29, 1.82) is 0 Å². The lowest BCUT2D eigenvalue weighted by Crippen LogP contribution is -1.99.